The van der Waals surface area contributed by atoms with Crippen LogP contribution in [0.3, 0.4) is 0 Å². The predicted octanol–water partition coefficient (Wildman–Crippen LogP) is 2.02. The molecule has 0 N–H and O–H groups in total. The van der Waals surface area contributed by atoms with Gasteiger partial charge in [0.1, 0.15) is 5.75 Å². The summed E-state index contributed by atoms with van der Waals surface area (Å²) in [6.45, 7) is 3.26. The molecular formula is C23H26FN3O4. The van der Waals surface area contributed by atoms with Gasteiger partial charge in [0, 0.05) is 39.3 Å². The fraction of sp³-hybridized carbons (Fsp3) is 0.391. The molecule has 2 fully saturated rings. The molecule has 2 aromatic rings. The van der Waals surface area contributed by atoms with Gasteiger partial charge in [0.2, 0.25) is 5.91 Å². The summed E-state index contributed by atoms with van der Waals surface area (Å²) in [6.07, 6.45) is 0. The van der Waals surface area contributed by atoms with E-state index in [0.717, 1.165) is 24.5 Å². The third-order valence-corrected chi connectivity index (χ3v) is 5.79. The lowest BCUT2D eigenvalue weighted by molar-refractivity contribution is -0.149. The molecule has 164 valence electrons. The SMILES string of the molecule is COc1ccccc1N1CCN(C(=O)C2CN(C(=O)COc3ccccc3F)C2)CC1. The first-order valence-electron chi connectivity index (χ1n) is 10.4. The van der Waals surface area contributed by atoms with Gasteiger partial charge in [-0.2, -0.15) is 0 Å². The van der Waals surface area contributed by atoms with Crippen molar-refractivity contribution in [3.8, 4) is 11.5 Å². The number of nitrogens with zero attached hydrogens (tertiary/aromatic N) is 3. The number of carbonyl (C=O) groups is 2. The lowest BCUT2D eigenvalue weighted by Crippen LogP contribution is -2.59. The Morgan fingerprint density at radius 1 is 0.935 bits per heavy atom. The minimum Gasteiger partial charge on any atom is -0.495 e. The van der Waals surface area contributed by atoms with Crippen LogP contribution in [0.2, 0.25) is 0 Å². The number of carbonyl (C=O) groups excluding carboxylic acids is 2. The summed E-state index contributed by atoms with van der Waals surface area (Å²) in [6, 6.07) is 13.8. The number of rotatable bonds is 6. The molecule has 7 nitrogen and oxygen atoms in total. The molecule has 2 heterocycles. The van der Waals surface area contributed by atoms with Crippen molar-refractivity contribution in [2.24, 2.45) is 5.92 Å². The van der Waals surface area contributed by atoms with Crippen LogP contribution in [0.1, 0.15) is 0 Å². The maximum absolute atomic E-state index is 13.6. The first kappa shape index (κ1) is 21.0. The predicted molar refractivity (Wildman–Crippen MR) is 114 cm³/mol. The van der Waals surface area contributed by atoms with Gasteiger partial charge in [-0.05, 0) is 24.3 Å². The van der Waals surface area contributed by atoms with E-state index in [-0.39, 0.29) is 30.1 Å². The second-order valence-electron chi connectivity index (χ2n) is 7.70. The Morgan fingerprint density at radius 2 is 1.58 bits per heavy atom. The van der Waals surface area contributed by atoms with Crippen LogP contribution >= 0.6 is 0 Å². The van der Waals surface area contributed by atoms with Crippen LogP contribution in [0.15, 0.2) is 48.5 Å². The molecule has 0 saturated carbocycles. The van der Waals surface area contributed by atoms with E-state index in [2.05, 4.69) is 4.90 Å². The van der Waals surface area contributed by atoms with Gasteiger partial charge in [-0.15, -0.1) is 0 Å². The summed E-state index contributed by atoms with van der Waals surface area (Å²) in [5.41, 5.74) is 1.03. The number of piperazine rings is 1. The van der Waals surface area contributed by atoms with Crippen molar-refractivity contribution in [3.05, 3.63) is 54.3 Å². The first-order valence-corrected chi connectivity index (χ1v) is 10.4. The lowest BCUT2D eigenvalue weighted by Gasteiger charge is -2.43. The van der Waals surface area contributed by atoms with E-state index in [4.69, 9.17) is 9.47 Å². The number of hydrogen-bond acceptors (Lipinski definition) is 5. The topological polar surface area (TPSA) is 62.3 Å². The average molecular weight is 427 g/mol. The average Bonchev–Trinajstić information content (AvgIpc) is 2.77. The lowest BCUT2D eigenvalue weighted by atomic mass is 9.98. The Labute approximate surface area is 180 Å². The van der Waals surface area contributed by atoms with E-state index in [0.29, 0.717) is 26.2 Å². The second kappa shape index (κ2) is 9.24. The van der Waals surface area contributed by atoms with Gasteiger partial charge in [-0.1, -0.05) is 24.3 Å². The number of para-hydroxylation sites is 3. The molecule has 4 rings (SSSR count). The number of ether oxygens (including phenoxy) is 2. The van der Waals surface area contributed by atoms with Crippen molar-refractivity contribution in [2.45, 2.75) is 0 Å². The Bertz CT molecular complexity index is 940. The molecule has 0 bridgehead atoms. The molecule has 2 amide bonds. The van der Waals surface area contributed by atoms with Crippen LogP contribution in [0, 0.1) is 11.7 Å². The van der Waals surface area contributed by atoms with Crippen molar-refractivity contribution in [1.29, 1.82) is 0 Å². The number of likely N-dealkylation sites (tertiary alicyclic amines) is 1. The summed E-state index contributed by atoms with van der Waals surface area (Å²) < 4.78 is 24.3. The van der Waals surface area contributed by atoms with Gasteiger partial charge < -0.3 is 24.2 Å². The monoisotopic (exact) mass is 427 g/mol. The van der Waals surface area contributed by atoms with E-state index in [9.17, 15) is 14.0 Å². The summed E-state index contributed by atoms with van der Waals surface area (Å²) >= 11 is 0. The van der Waals surface area contributed by atoms with Crippen molar-refractivity contribution in [1.82, 2.24) is 9.80 Å². The molecule has 0 radical (unpaired) electrons. The van der Waals surface area contributed by atoms with Crippen LogP contribution in [0.25, 0.3) is 0 Å². The smallest absolute Gasteiger partial charge is 0.260 e. The zero-order valence-electron chi connectivity index (χ0n) is 17.5. The molecule has 2 aliphatic rings. The number of benzene rings is 2. The second-order valence-corrected chi connectivity index (χ2v) is 7.70. The van der Waals surface area contributed by atoms with Crippen LogP contribution in [-0.4, -0.2) is 74.6 Å². The van der Waals surface area contributed by atoms with E-state index in [1.54, 1.807) is 24.1 Å². The molecule has 2 aromatic carbocycles. The fourth-order valence-corrected chi connectivity index (χ4v) is 3.95. The minimum absolute atomic E-state index is 0.0527. The Balaban J connectivity index is 1.22. The van der Waals surface area contributed by atoms with Gasteiger partial charge in [-0.3, -0.25) is 9.59 Å². The minimum atomic E-state index is -0.501. The summed E-state index contributed by atoms with van der Waals surface area (Å²) in [5.74, 6) is 0.0337. The fourth-order valence-electron chi connectivity index (χ4n) is 3.95. The maximum Gasteiger partial charge on any atom is 0.260 e. The van der Waals surface area contributed by atoms with Crippen LogP contribution in [0.4, 0.5) is 10.1 Å². The van der Waals surface area contributed by atoms with Crippen LogP contribution in [0.5, 0.6) is 11.5 Å². The van der Waals surface area contributed by atoms with E-state index in [1.165, 1.54) is 12.1 Å². The summed E-state index contributed by atoms with van der Waals surface area (Å²) in [4.78, 5) is 30.7. The third-order valence-electron chi connectivity index (χ3n) is 5.79. The molecule has 0 unspecified atom stereocenters. The first-order chi connectivity index (χ1) is 15.1. The molecule has 2 aliphatic heterocycles. The van der Waals surface area contributed by atoms with Gasteiger partial charge in [0.15, 0.2) is 18.2 Å². The van der Waals surface area contributed by atoms with Crippen molar-refractivity contribution in [2.75, 3.05) is 57.9 Å². The number of halogens is 1. The Kier molecular flexibility index (Phi) is 6.25. The largest absolute Gasteiger partial charge is 0.495 e. The van der Waals surface area contributed by atoms with Gasteiger partial charge in [-0.25, -0.2) is 4.39 Å². The molecule has 0 spiro atoms. The molecule has 0 atom stereocenters. The molecule has 0 aromatic heterocycles. The molecular weight excluding hydrogens is 401 g/mol. The van der Waals surface area contributed by atoms with E-state index >= 15 is 0 Å². The van der Waals surface area contributed by atoms with Crippen molar-refractivity contribution >= 4 is 17.5 Å². The quantitative estimate of drug-likeness (QED) is 0.706. The molecule has 31 heavy (non-hydrogen) atoms. The van der Waals surface area contributed by atoms with E-state index < -0.39 is 5.82 Å². The highest BCUT2D eigenvalue weighted by molar-refractivity contribution is 5.85. The normalized spacial score (nSPS) is 16.6. The molecule has 2 saturated heterocycles. The van der Waals surface area contributed by atoms with Gasteiger partial charge in [0.25, 0.3) is 5.91 Å². The molecule has 8 heteroatoms. The number of methoxy groups -OCH3 is 1. The summed E-state index contributed by atoms with van der Waals surface area (Å²) in [5, 5.41) is 0. The van der Waals surface area contributed by atoms with E-state index in [1.807, 2.05) is 29.2 Å². The van der Waals surface area contributed by atoms with Crippen LogP contribution < -0.4 is 14.4 Å². The standard InChI is InChI=1S/C23H26FN3O4/c1-30-21-9-5-3-7-19(21)25-10-12-26(13-11-25)23(29)17-14-27(15-17)22(28)16-31-20-8-4-2-6-18(20)24/h2-9,17H,10-16H2,1H3. The van der Waals surface area contributed by atoms with Crippen LogP contribution in [-0.2, 0) is 9.59 Å². The van der Waals surface area contributed by atoms with Crippen molar-refractivity contribution in [3.63, 3.8) is 0 Å². The maximum atomic E-state index is 13.6. The number of anilines is 1. The zero-order valence-corrected chi connectivity index (χ0v) is 17.5. The number of amides is 2. The highest BCUT2D eigenvalue weighted by Gasteiger charge is 2.38. The van der Waals surface area contributed by atoms with Gasteiger partial charge in [0.05, 0.1) is 18.7 Å². The summed E-state index contributed by atoms with van der Waals surface area (Å²) in [7, 11) is 1.66. The molecule has 0 aliphatic carbocycles. The van der Waals surface area contributed by atoms with Crippen molar-refractivity contribution < 1.29 is 23.5 Å². The highest BCUT2D eigenvalue weighted by Crippen LogP contribution is 2.29. The van der Waals surface area contributed by atoms with Gasteiger partial charge >= 0.3 is 0 Å². The number of hydrogen-bond donors (Lipinski definition) is 0. The Morgan fingerprint density at radius 3 is 2.26 bits per heavy atom. The zero-order chi connectivity index (χ0) is 21.8. The Hall–Kier alpha value is -3.29. The third kappa shape index (κ3) is 4.57. The highest BCUT2D eigenvalue weighted by atomic mass is 19.1.